The fraction of sp³-hybridized carbons (Fsp3) is 0.818. The lowest BCUT2D eigenvalue weighted by atomic mass is 9.91. The van der Waals surface area contributed by atoms with Crippen LogP contribution in [0.3, 0.4) is 0 Å². The highest BCUT2D eigenvalue weighted by molar-refractivity contribution is 4.98. The molecular weight excluding hydrogens is 312 g/mol. The highest BCUT2D eigenvalue weighted by atomic mass is 16.5. The Bertz CT molecular complexity index is 387. The van der Waals surface area contributed by atoms with Crippen molar-refractivity contribution in [2.75, 3.05) is 6.61 Å². The molecule has 3 heteroatoms. The number of rotatable bonds is 13. The van der Waals surface area contributed by atoms with E-state index in [4.69, 9.17) is 5.11 Å². The van der Waals surface area contributed by atoms with Crippen LogP contribution in [0.4, 0.5) is 0 Å². The lowest BCUT2D eigenvalue weighted by Gasteiger charge is -2.17. The average Bonchev–Trinajstić information content (AvgIpc) is 3.03. The Morgan fingerprint density at radius 3 is 2.64 bits per heavy atom. The van der Waals surface area contributed by atoms with Gasteiger partial charge in [0.2, 0.25) is 0 Å². The molecule has 0 heterocycles. The standard InChI is InChI=1S/C22H40O3/c1-3-4-11-19(2)12-9-14-21-16-10-15-20(21)13-7-5-6-8-17-22(24,25)18-23/h5,7,9,14,19-21,23-25H,3-4,6,8,10-13,15-18H2,1-2H3/b7-5-,14-9+/t19-,20+,21+/m1/s1. The van der Waals surface area contributed by atoms with Crippen molar-refractivity contribution in [1.29, 1.82) is 0 Å². The van der Waals surface area contributed by atoms with Crippen LogP contribution in [0.1, 0.15) is 84.5 Å². The second-order valence-corrected chi connectivity index (χ2v) is 8.01. The number of unbranched alkanes of at least 4 members (excludes halogenated alkanes) is 2. The van der Waals surface area contributed by atoms with E-state index in [9.17, 15) is 10.2 Å². The van der Waals surface area contributed by atoms with E-state index in [0.29, 0.717) is 6.42 Å². The summed E-state index contributed by atoms with van der Waals surface area (Å²) >= 11 is 0. The number of aliphatic hydroxyl groups is 3. The van der Waals surface area contributed by atoms with E-state index in [1.165, 1.54) is 44.9 Å². The zero-order valence-corrected chi connectivity index (χ0v) is 16.4. The lowest BCUT2D eigenvalue weighted by molar-refractivity contribution is -0.191. The SMILES string of the molecule is CCCC[C@@H](C)C/C=C/[C@H]1CCC[C@@H]1C/C=C\CCCC(O)(O)CO. The zero-order chi connectivity index (χ0) is 18.5. The van der Waals surface area contributed by atoms with Gasteiger partial charge in [-0.2, -0.15) is 0 Å². The molecule has 0 radical (unpaired) electrons. The molecule has 0 aromatic rings. The van der Waals surface area contributed by atoms with Crippen molar-refractivity contribution >= 4 is 0 Å². The van der Waals surface area contributed by atoms with Gasteiger partial charge in [0.25, 0.3) is 0 Å². The van der Waals surface area contributed by atoms with E-state index in [-0.39, 0.29) is 6.42 Å². The van der Waals surface area contributed by atoms with Gasteiger partial charge in [-0.1, -0.05) is 63.8 Å². The summed E-state index contributed by atoms with van der Waals surface area (Å²) in [7, 11) is 0. The second kappa shape index (κ2) is 12.7. The fourth-order valence-electron chi connectivity index (χ4n) is 3.74. The molecule has 0 bridgehead atoms. The molecular formula is C22H40O3. The summed E-state index contributed by atoms with van der Waals surface area (Å²) in [5.74, 6) is 0.398. The summed E-state index contributed by atoms with van der Waals surface area (Å²) < 4.78 is 0. The van der Waals surface area contributed by atoms with Crippen molar-refractivity contribution in [3.8, 4) is 0 Å². The lowest BCUT2D eigenvalue weighted by Crippen LogP contribution is -2.32. The summed E-state index contributed by atoms with van der Waals surface area (Å²) in [6.07, 6.45) is 21.4. The van der Waals surface area contributed by atoms with E-state index in [1.54, 1.807) is 0 Å². The van der Waals surface area contributed by atoms with Crippen molar-refractivity contribution < 1.29 is 15.3 Å². The largest absolute Gasteiger partial charge is 0.391 e. The highest BCUT2D eigenvalue weighted by Crippen LogP contribution is 2.35. The van der Waals surface area contributed by atoms with Crippen molar-refractivity contribution in [2.24, 2.45) is 17.8 Å². The molecule has 3 atom stereocenters. The van der Waals surface area contributed by atoms with Gasteiger partial charge in [-0.3, -0.25) is 0 Å². The number of hydrogen-bond acceptors (Lipinski definition) is 3. The molecule has 0 unspecified atom stereocenters. The smallest absolute Gasteiger partial charge is 0.186 e. The summed E-state index contributed by atoms with van der Waals surface area (Å²) in [5, 5.41) is 27.5. The van der Waals surface area contributed by atoms with E-state index >= 15 is 0 Å². The average molecular weight is 353 g/mol. The quantitative estimate of drug-likeness (QED) is 0.249. The summed E-state index contributed by atoms with van der Waals surface area (Å²) in [5.41, 5.74) is 0. The Kier molecular flexibility index (Phi) is 11.4. The number of hydrogen-bond donors (Lipinski definition) is 3. The molecule has 1 fully saturated rings. The van der Waals surface area contributed by atoms with Gasteiger partial charge >= 0.3 is 0 Å². The van der Waals surface area contributed by atoms with Gasteiger partial charge in [-0.25, -0.2) is 0 Å². The van der Waals surface area contributed by atoms with Crippen molar-refractivity contribution in [2.45, 2.75) is 90.3 Å². The predicted molar refractivity (Wildman–Crippen MR) is 105 cm³/mol. The van der Waals surface area contributed by atoms with Crippen LogP contribution < -0.4 is 0 Å². The van der Waals surface area contributed by atoms with Crippen LogP contribution in [0.2, 0.25) is 0 Å². The number of allylic oxidation sites excluding steroid dienone is 4. The second-order valence-electron chi connectivity index (χ2n) is 8.01. The van der Waals surface area contributed by atoms with Crippen LogP contribution in [-0.2, 0) is 0 Å². The van der Waals surface area contributed by atoms with Gasteiger partial charge in [0, 0.05) is 6.42 Å². The Morgan fingerprint density at radius 2 is 1.92 bits per heavy atom. The molecule has 3 N–H and O–H groups in total. The van der Waals surface area contributed by atoms with Gasteiger partial charge in [0.15, 0.2) is 5.79 Å². The van der Waals surface area contributed by atoms with E-state index < -0.39 is 12.4 Å². The maximum atomic E-state index is 9.33. The van der Waals surface area contributed by atoms with Gasteiger partial charge in [0.1, 0.15) is 0 Å². The molecule has 0 aromatic heterocycles. The van der Waals surface area contributed by atoms with Crippen molar-refractivity contribution in [3.63, 3.8) is 0 Å². The highest BCUT2D eigenvalue weighted by Gasteiger charge is 2.24. The Balaban J connectivity index is 2.23. The van der Waals surface area contributed by atoms with Crippen LogP contribution in [0, 0.1) is 17.8 Å². The van der Waals surface area contributed by atoms with Gasteiger partial charge in [-0.05, 0) is 56.3 Å². The summed E-state index contributed by atoms with van der Waals surface area (Å²) in [6.45, 7) is 4.03. The summed E-state index contributed by atoms with van der Waals surface area (Å²) in [6, 6.07) is 0. The van der Waals surface area contributed by atoms with E-state index in [0.717, 1.165) is 30.6 Å². The fourth-order valence-corrected chi connectivity index (χ4v) is 3.74. The third-order valence-corrected chi connectivity index (χ3v) is 5.50. The van der Waals surface area contributed by atoms with Crippen LogP contribution in [0.25, 0.3) is 0 Å². The Labute approximate surface area is 154 Å². The molecule has 0 aromatic carbocycles. The third-order valence-electron chi connectivity index (χ3n) is 5.50. The minimum absolute atomic E-state index is 0.221. The molecule has 0 saturated heterocycles. The van der Waals surface area contributed by atoms with Gasteiger partial charge in [0.05, 0.1) is 6.61 Å². The molecule has 25 heavy (non-hydrogen) atoms. The molecule has 3 nitrogen and oxygen atoms in total. The monoisotopic (exact) mass is 352 g/mol. The maximum Gasteiger partial charge on any atom is 0.186 e. The van der Waals surface area contributed by atoms with Crippen LogP contribution in [0.15, 0.2) is 24.3 Å². The first-order chi connectivity index (χ1) is 12.0. The van der Waals surface area contributed by atoms with Crippen molar-refractivity contribution in [3.05, 3.63) is 24.3 Å². The van der Waals surface area contributed by atoms with E-state index in [1.807, 2.05) is 0 Å². The Hall–Kier alpha value is -0.640. The van der Waals surface area contributed by atoms with E-state index in [2.05, 4.69) is 38.2 Å². The molecule has 0 spiro atoms. The predicted octanol–water partition coefficient (Wildman–Crippen LogP) is 4.97. The molecule has 1 saturated carbocycles. The topological polar surface area (TPSA) is 60.7 Å². The first-order valence-corrected chi connectivity index (χ1v) is 10.4. The molecule has 1 aliphatic rings. The van der Waals surface area contributed by atoms with Gasteiger partial charge in [-0.15, -0.1) is 0 Å². The summed E-state index contributed by atoms with van der Waals surface area (Å²) in [4.78, 5) is 0. The minimum Gasteiger partial charge on any atom is -0.391 e. The normalized spacial score (nSPS) is 23.1. The van der Waals surface area contributed by atoms with Crippen LogP contribution in [-0.4, -0.2) is 27.7 Å². The Morgan fingerprint density at radius 1 is 1.12 bits per heavy atom. The molecule has 1 rings (SSSR count). The zero-order valence-electron chi connectivity index (χ0n) is 16.4. The number of aliphatic hydroxyl groups excluding tert-OH is 1. The minimum atomic E-state index is -1.91. The van der Waals surface area contributed by atoms with Crippen LogP contribution in [0.5, 0.6) is 0 Å². The van der Waals surface area contributed by atoms with Gasteiger partial charge < -0.3 is 15.3 Å². The van der Waals surface area contributed by atoms with Crippen molar-refractivity contribution in [1.82, 2.24) is 0 Å². The molecule has 1 aliphatic carbocycles. The first-order valence-electron chi connectivity index (χ1n) is 10.4. The molecule has 0 amide bonds. The van der Waals surface area contributed by atoms with Crippen LogP contribution >= 0.6 is 0 Å². The first kappa shape index (κ1) is 22.4. The molecule has 0 aliphatic heterocycles. The maximum absolute atomic E-state index is 9.33. The molecule has 146 valence electrons. The third kappa shape index (κ3) is 10.2.